The predicted octanol–water partition coefficient (Wildman–Crippen LogP) is -1.13. The molecule has 0 aliphatic carbocycles. The molecule has 3 N–H and O–H groups in total. The minimum Gasteiger partial charge on any atom is -0.396 e. The van der Waals surface area contributed by atoms with E-state index in [-0.39, 0.29) is 30.9 Å². The predicted molar refractivity (Wildman–Crippen MR) is 47.9 cm³/mol. The Morgan fingerprint density at radius 2 is 2.00 bits per heavy atom. The lowest BCUT2D eigenvalue weighted by Gasteiger charge is -2.09. The van der Waals surface area contributed by atoms with Crippen LogP contribution in [0.5, 0.6) is 0 Å². The van der Waals surface area contributed by atoms with Crippen LogP contribution in [0.1, 0.15) is 13.8 Å². The average Bonchev–Trinajstić information content (AvgIpc) is 2.10. The summed E-state index contributed by atoms with van der Waals surface area (Å²) in [7, 11) is 0. The highest BCUT2D eigenvalue weighted by atomic mass is 16.3. The van der Waals surface area contributed by atoms with E-state index in [1.165, 1.54) is 6.92 Å². The fourth-order valence-corrected chi connectivity index (χ4v) is 0.620. The zero-order chi connectivity index (χ0) is 10.3. The molecule has 5 heteroatoms. The first-order valence-corrected chi connectivity index (χ1v) is 4.18. The van der Waals surface area contributed by atoms with Gasteiger partial charge < -0.3 is 15.7 Å². The van der Waals surface area contributed by atoms with Gasteiger partial charge in [0.1, 0.15) is 0 Å². The second-order valence-corrected chi connectivity index (χ2v) is 3.00. The maximum atomic E-state index is 11.0. The fourth-order valence-electron chi connectivity index (χ4n) is 0.620. The van der Waals surface area contributed by atoms with Gasteiger partial charge >= 0.3 is 0 Å². The van der Waals surface area contributed by atoms with E-state index in [0.29, 0.717) is 6.54 Å². The molecule has 5 nitrogen and oxygen atoms in total. The maximum absolute atomic E-state index is 11.0. The van der Waals surface area contributed by atoms with Crippen LogP contribution in [-0.4, -0.2) is 36.6 Å². The van der Waals surface area contributed by atoms with Gasteiger partial charge in [-0.15, -0.1) is 0 Å². The van der Waals surface area contributed by atoms with Crippen LogP contribution in [-0.2, 0) is 9.59 Å². The topological polar surface area (TPSA) is 78.4 Å². The molecule has 0 fully saturated rings. The van der Waals surface area contributed by atoms with Gasteiger partial charge in [-0.05, 0) is 5.92 Å². The van der Waals surface area contributed by atoms with Crippen LogP contribution >= 0.6 is 0 Å². The Bertz CT molecular complexity index is 182. The summed E-state index contributed by atoms with van der Waals surface area (Å²) < 4.78 is 0. The Kier molecular flexibility index (Phi) is 5.88. The van der Waals surface area contributed by atoms with Gasteiger partial charge in [0.2, 0.25) is 11.8 Å². The highest BCUT2D eigenvalue weighted by Crippen LogP contribution is 1.87. The van der Waals surface area contributed by atoms with Gasteiger partial charge in [0.05, 0.1) is 6.54 Å². The summed E-state index contributed by atoms with van der Waals surface area (Å²) >= 11 is 0. The molecule has 0 bridgehead atoms. The van der Waals surface area contributed by atoms with Gasteiger partial charge in [-0.3, -0.25) is 9.59 Å². The van der Waals surface area contributed by atoms with Crippen molar-refractivity contribution in [2.45, 2.75) is 13.8 Å². The summed E-state index contributed by atoms with van der Waals surface area (Å²) in [6, 6.07) is 0. The molecule has 0 aromatic heterocycles. The summed E-state index contributed by atoms with van der Waals surface area (Å²) in [5.41, 5.74) is 0. The molecular formula is C8H16N2O3. The smallest absolute Gasteiger partial charge is 0.239 e. The van der Waals surface area contributed by atoms with E-state index in [2.05, 4.69) is 10.6 Å². The van der Waals surface area contributed by atoms with E-state index in [1.807, 2.05) is 6.92 Å². The Morgan fingerprint density at radius 1 is 1.38 bits per heavy atom. The van der Waals surface area contributed by atoms with Crippen molar-refractivity contribution < 1.29 is 14.7 Å². The lowest BCUT2D eigenvalue weighted by Crippen LogP contribution is -2.38. The van der Waals surface area contributed by atoms with Crippen molar-refractivity contribution in [1.29, 1.82) is 0 Å². The molecule has 0 aromatic rings. The third-order valence-corrected chi connectivity index (χ3v) is 1.46. The monoisotopic (exact) mass is 188 g/mol. The normalized spacial score (nSPS) is 11.9. The van der Waals surface area contributed by atoms with Gasteiger partial charge in [-0.2, -0.15) is 0 Å². The van der Waals surface area contributed by atoms with Crippen molar-refractivity contribution in [3.05, 3.63) is 0 Å². The van der Waals surface area contributed by atoms with Crippen LogP contribution in [0.2, 0.25) is 0 Å². The molecule has 1 atom stereocenters. The first kappa shape index (κ1) is 11.9. The minimum atomic E-state index is -0.240. The number of rotatable bonds is 5. The number of hydrogen-bond donors (Lipinski definition) is 3. The molecule has 13 heavy (non-hydrogen) atoms. The molecule has 0 heterocycles. The molecule has 0 radical (unpaired) electrons. The number of aliphatic hydroxyl groups is 1. The van der Waals surface area contributed by atoms with E-state index in [4.69, 9.17) is 5.11 Å². The third kappa shape index (κ3) is 7.27. The number of nitrogens with one attached hydrogen (secondary N) is 2. The van der Waals surface area contributed by atoms with Gasteiger partial charge in [-0.25, -0.2) is 0 Å². The van der Waals surface area contributed by atoms with Crippen LogP contribution in [0.15, 0.2) is 0 Å². The van der Waals surface area contributed by atoms with Crippen LogP contribution < -0.4 is 10.6 Å². The average molecular weight is 188 g/mol. The molecular weight excluding hydrogens is 172 g/mol. The summed E-state index contributed by atoms with van der Waals surface area (Å²) in [4.78, 5) is 21.4. The van der Waals surface area contributed by atoms with Crippen LogP contribution in [0.3, 0.4) is 0 Å². The zero-order valence-electron chi connectivity index (χ0n) is 7.96. The van der Waals surface area contributed by atoms with Gasteiger partial charge in [0, 0.05) is 20.1 Å². The second-order valence-electron chi connectivity index (χ2n) is 3.00. The summed E-state index contributed by atoms with van der Waals surface area (Å²) in [6.45, 7) is 3.63. The first-order valence-electron chi connectivity index (χ1n) is 4.18. The van der Waals surface area contributed by atoms with Crippen molar-refractivity contribution in [3.63, 3.8) is 0 Å². The molecule has 0 aliphatic heterocycles. The largest absolute Gasteiger partial charge is 0.396 e. The SMILES string of the molecule is CC(=O)NCC(=O)NCC(C)CO. The first-order chi connectivity index (χ1) is 6.06. The number of carbonyl (C=O) groups excluding carboxylic acids is 2. The lowest BCUT2D eigenvalue weighted by molar-refractivity contribution is -0.125. The molecule has 0 saturated heterocycles. The van der Waals surface area contributed by atoms with E-state index in [0.717, 1.165) is 0 Å². The second kappa shape index (κ2) is 6.42. The van der Waals surface area contributed by atoms with Crippen molar-refractivity contribution >= 4 is 11.8 Å². The maximum Gasteiger partial charge on any atom is 0.239 e. The number of hydrogen-bond acceptors (Lipinski definition) is 3. The Hall–Kier alpha value is -1.10. The number of amides is 2. The molecule has 0 spiro atoms. The number of carbonyl (C=O) groups is 2. The molecule has 0 rings (SSSR count). The highest BCUT2D eigenvalue weighted by molar-refractivity contribution is 5.83. The Labute approximate surface area is 77.5 Å². The van der Waals surface area contributed by atoms with Gasteiger partial charge in [0.25, 0.3) is 0 Å². The molecule has 0 saturated carbocycles. The van der Waals surface area contributed by atoms with Crippen molar-refractivity contribution in [1.82, 2.24) is 10.6 Å². The van der Waals surface area contributed by atoms with E-state index in [9.17, 15) is 9.59 Å². The highest BCUT2D eigenvalue weighted by Gasteiger charge is 2.04. The van der Waals surface area contributed by atoms with Gasteiger partial charge in [-0.1, -0.05) is 6.92 Å². The van der Waals surface area contributed by atoms with Crippen molar-refractivity contribution in [3.8, 4) is 0 Å². The quantitative estimate of drug-likeness (QED) is 0.510. The standard InChI is InChI=1S/C8H16N2O3/c1-6(5-11)3-10-8(13)4-9-7(2)12/h6,11H,3-5H2,1-2H3,(H,9,12)(H,10,13). The lowest BCUT2D eigenvalue weighted by atomic mass is 10.2. The van der Waals surface area contributed by atoms with E-state index >= 15 is 0 Å². The number of aliphatic hydroxyl groups excluding tert-OH is 1. The fraction of sp³-hybridized carbons (Fsp3) is 0.750. The van der Waals surface area contributed by atoms with Crippen LogP contribution in [0.4, 0.5) is 0 Å². The van der Waals surface area contributed by atoms with Crippen LogP contribution in [0.25, 0.3) is 0 Å². The van der Waals surface area contributed by atoms with Crippen molar-refractivity contribution in [2.75, 3.05) is 19.7 Å². The summed E-state index contributed by atoms with van der Waals surface area (Å²) in [6.07, 6.45) is 0. The van der Waals surface area contributed by atoms with Crippen LogP contribution in [0, 0.1) is 5.92 Å². The molecule has 0 aromatic carbocycles. The minimum absolute atomic E-state index is 0.00647. The third-order valence-electron chi connectivity index (χ3n) is 1.46. The Morgan fingerprint density at radius 3 is 2.46 bits per heavy atom. The van der Waals surface area contributed by atoms with Crippen molar-refractivity contribution in [2.24, 2.45) is 5.92 Å². The van der Waals surface area contributed by atoms with Gasteiger partial charge in [0.15, 0.2) is 0 Å². The van der Waals surface area contributed by atoms with E-state index < -0.39 is 0 Å². The zero-order valence-corrected chi connectivity index (χ0v) is 7.96. The van der Waals surface area contributed by atoms with E-state index in [1.54, 1.807) is 0 Å². The summed E-state index contributed by atoms with van der Waals surface area (Å²) in [5.74, 6) is -0.429. The molecule has 1 unspecified atom stereocenters. The molecule has 2 amide bonds. The summed E-state index contributed by atoms with van der Waals surface area (Å²) in [5, 5.41) is 13.6. The molecule has 76 valence electrons. The Balaban J connectivity index is 3.46. The molecule has 0 aliphatic rings.